The van der Waals surface area contributed by atoms with Gasteiger partial charge in [0.05, 0.1) is 24.1 Å². The van der Waals surface area contributed by atoms with Crippen molar-refractivity contribution in [1.29, 1.82) is 0 Å². The third-order valence-electron chi connectivity index (χ3n) is 3.21. The van der Waals surface area contributed by atoms with E-state index in [4.69, 9.17) is 10.5 Å². The molecule has 1 aromatic heterocycles. The monoisotopic (exact) mass is 247 g/mol. The first-order valence-electron chi connectivity index (χ1n) is 5.88. The summed E-state index contributed by atoms with van der Waals surface area (Å²) in [6, 6.07) is 4.86. The summed E-state index contributed by atoms with van der Waals surface area (Å²) in [5, 5.41) is 0. The molecule has 0 saturated carbocycles. The number of aromatic amines is 1. The largest absolute Gasteiger partial charge is 0.366 e. The van der Waals surface area contributed by atoms with Gasteiger partial charge in [-0.15, -0.1) is 0 Å². The van der Waals surface area contributed by atoms with Crippen molar-refractivity contribution in [3.05, 3.63) is 41.0 Å². The highest BCUT2D eigenvalue weighted by Crippen LogP contribution is 2.31. The fourth-order valence-electron chi connectivity index (χ4n) is 2.17. The zero-order valence-corrected chi connectivity index (χ0v) is 10.0. The Morgan fingerprint density at radius 2 is 2.39 bits per heavy atom. The fourth-order valence-corrected chi connectivity index (χ4v) is 2.17. The number of halogens is 1. The number of imidazole rings is 1. The summed E-state index contributed by atoms with van der Waals surface area (Å²) in [7, 11) is 0. The van der Waals surface area contributed by atoms with Crippen molar-refractivity contribution >= 4 is 0 Å². The van der Waals surface area contributed by atoms with E-state index in [1.807, 2.05) is 6.92 Å². The van der Waals surface area contributed by atoms with Crippen molar-refractivity contribution in [1.82, 2.24) is 9.97 Å². The van der Waals surface area contributed by atoms with Crippen molar-refractivity contribution in [3.8, 4) is 11.4 Å². The van der Waals surface area contributed by atoms with Gasteiger partial charge in [0, 0.05) is 17.7 Å². The maximum atomic E-state index is 13.4. The van der Waals surface area contributed by atoms with Gasteiger partial charge in [-0.05, 0) is 25.1 Å². The molecule has 0 spiro atoms. The van der Waals surface area contributed by atoms with Crippen molar-refractivity contribution < 1.29 is 9.13 Å². The molecular formula is C13H14FN3O. The van der Waals surface area contributed by atoms with Crippen molar-refractivity contribution in [2.24, 2.45) is 5.73 Å². The number of nitrogens with zero attached hydrogens (tertiary/aromatic N) is 1. The van der Waals surface area contributed by atoms with Crippen LogP contribution in [0.4, 0.5) is 4.39 Å². The van der Waals surface area contributed by atoms with E-state index in [1.54, 1.807) is 12.1 Å². The average molecular weight is 247 g/mol. The predicted octanol–water partition coefficient (Wildman–Crippen LogP) is 2.27. The molecule has 0 radical (unpaired) electrons. The lowest BCUT2D eigenvalue weighted by molar-refractivity contribution is 0.0762. The SMILES string of the molecule is CC1OCc2[nH]c(-c3ccc(F)c(CN)c3)nc21. The van der Waals surface area contributed by atoms with Crippen LogP contribution in [0.15, 0.2) is 18.2 Å². The lowest BCUT2D eigenvalue weighted by atomic mass is 10.1. The average Bonchev–Trinajstić information content (AvgIpc) is 2.93. The van der Waals surface area contributed by atoms with Crippen LogP contribution in [0, 0.1) is 5.82 Å². The van der Waals surface area contributed by atoms with Crippen LogP contribution in [0.2, 0.25) is 0 Å². The Bertz CT molecular complexity index is 594. The third kappa shape index (κ3) is 1.72. The van der Waals surface area contributed by atoms with Gasteiger partial charge in [0.2, 0.25) is 0 Å². The second kappa shape index (κ2) is 4.19. The van der Waals surface area contributed by atoms with E-state index < -0.39 is 0 Å². The molecule has 0 aliphatic carbocycles. The molecule has 0 fully saturated rings. The van der Waals surface area contributed by atoms with E-state index in [9.17, 15) is 4.39 Å². The maximum absolute atomic E-state index is 13.4. The summed E-state index contributed by atoms with van der Waals surface area (Å²) in [5.74, 6) is 0.460. The molecule has 1 aliphatic rings. The summed E-state index contributed by atoms with van der Waals surface area (Å²) >= 11 is 0. The van der Waals surface area contributed by atoms with Gasteiger partial charge in [-0.2, -0.15) is 0 Å². The van der Waals surface area contributed by atoms with Crippen LogP contribution in [0.25, 0.3) is 11.4 Å². The Balaban J connectivity index is 2.03. The Morgan fingerprint density at radius 3 is 3.11 bits per heavy atom. The standard InChI is InChI=1S/C13H14FN3O/c1-7-12-11(6-18-7)16-13(17-12)8-2-3-10(14)9(4-8)5-15/h2-4,7H,5-6,15H2,1H3,(H,16,17). The lowest BCUT2D eigenvalue weighted by Gasteiger charge is -2.04. The van der Waals surface area contributed by atoms with Crippen LogP contribution in [0.5, 0.6) is 0 Å². The first-order valence-corrected chi connectivity index (χ1v) is 5.88. The zero-order valence-electron chi connectivity index (χ0n) is 10.0. The van der Waals surface area contributed by atoms with Gasteiger partial charge < -0.3 is 15.5 Å². The second-order valence-electron chi connectivity index (χ2n) is 4.41. The van der Waals surface area contributed by atoms with Crippen LogP contribution in [0.3, 0.4) is 0 Å². The molecule has 18 heavy (non-hydrogen) atoms. The van der Waals surface area contributed by atoms with E-state index in [-0.39, 0.29) is 18.5 Å². The molecule has 3 N–H and O–H groups in total. The summed E-state index contributed by atoms with van der Waals surface area (Å²) in [4.78, 5) is 7.72. The molecule has 4 nitrogen and oxygen atoms in total. The van der Waals surface area contributed by atoms with E-state index in [2.05, 4.69) is 9.97 Å². The highest BCUT2D eigenvalue weighted by molar-refractivity contribution is 5.57. The van der Waals surface area contributed by atoms with E-state index in [0.717, 1.165) is 22.8 Å². The maximum Gasteiger partial charge on any atom is 0.138 e. The van der Waals surface area contributed by atoms with Crippen LogP contribution < -0.4 is 5.73 Å². The molecule has 0 bridgehead atoms. The molecule has 3 rings (SSSR count). The van der Waals surface area contributed by atoms with Gasteiger partial charge in [0.15, 0.2) is 0 Å². The lowest BCUT2D eigenvalue weighted by Crippen LogP contribution is -2.00. The smallest absolute Gasteiger partial charge is 0.138 e. The minimum atomic E-state index is -0.281. The van der Waals surface area contributed by atoms with Crippen molar-refractivity contribution in [2.75, 3.05) is 0 Å². The summed E-state index contributed by atoms with van der Waals surface area (Å²) in [5.41, 5.74) is 8.77. The molecule has 5 heteroatoms. The van der Waals surface area contributed by atoms with Gasteiger partial charge in [0.25, 0.3) is 0 Å². The fraction of sp³-hybridized carbons (Fsp3) is 0.308. The number of fused-ring (bicyclic) bond motifs is 1. The highest BCUT2D eigenvalue weighted by atomic mass is 19.1. The first kappa shape index (κ1) is 11.4. The number of rotatable bonds is 2. The molecule has 1 unspecified atom stereocenters. The number of H-pyrrole nitrogens is 1. The summed E-state index contributed by atoms with van der Waals surface area (Å²) < 4.78 is 18.8. The molecule has 2 aromatic rings. The van der Waals surface area contributed by atoms with Gasteiger partial charge in [-0.25, -0.2) is 9.37 Å². The van der Waals surface area contributed by atoms with Crippen LogP contribution in [0.1, 0.15) is 30.0 Å². The Labute approximate surface area is 104 Å². The number of hydrogen-bond donors (Lipinski definition) is 2. The number of aromatic nitrogens is 2. The second-order valence-corrected chi connectivity index (χ2v) is 4.41. The van der Waals surface area contributed by atoms with Gasteiger partial charge in [0.1, 0.15) is 11.6 Å². The van der Waals surface area contributed by atoms with Gasteiger partial charge in [-0.3, -0.25) is 0 Å². The predicted molar refractivity (Wildman–Crippen MR) is 65.1 cm³/mol. The summed E-state index contributed by atoms with van der Waals surface area (Å²) in [6.07, 6.45) is 0.0134. The Morgan fingerprint density at radius 1 is 1.56 bits per heavy atom. The molecule has 94 valence electrons. The molecule has 1 aliphatic heterocycles. The molecule has 0 saturated heterocycles. The zero-order chi connectivity index (χ0) is 12.7. The minimum Gasteiger partial charge on any atom is -0.366 e. The third-order valence-corrected chi connectivity index (χ3v) is 3.21. The van der Waals surface area contributed by atoms with Gasteiger partial charge >= 0.3 is 0 Å². The minimum absolute atomic E-state index is 0.0134. The Kier molecular flexibility index (Phi) is 2.65. The van der Waals surface area contributed by atoms with Crippen LogP contribution in [-0.4, -0.2) is 9.97 Å². The van der Waals surface area contributed by atoms with Crippen LogP contribution in [-0.2, 0) is 17.9 Å². The van der Waals surface area contributed by atoms with E-state index in [1.165, 1.54) is 6.07 Å². The molecule has 1 aromatic carbocycles. The molecule has 1 atom stereocenters. The molecule has 2 heterocycles. The van der Waals surface area contributed by atoms with Crippen molar-refractivity contribution in [3.63, 3.8) is 0 Å². The highest BCUT2D eigenvalue weighted by Gasteiger charge is 2.24. The van der Waals surface area contributed by atoms with E-state index in [0.29, 0.717) is 12.2 Å². The van der Waals surface area contributed by atoms with E-state index >= 15 is 0 Å². The number of nitrogens with one attached hydrogen (secondary N) is 1. The number of ether oxygens (including phenoxy) is 1. The van der Waals surface area contributed by atoms with Crippen LogP contribution >= 0.6 is 0 Å². The quantitative estimate of drug-likeness (QED) is 0.855. The van der Waals surface area contributed by atoms with Gasteiger partial charge in [-0.1, -0.05) is 0 Å². The normalized spacial score (nSPS) is 18.1. The number of hydrogen-bond acceptors (Lipinski definition) is 3. The topological polar surface area (TPSA) is 63.9 Å². The Hall–Kier alpha value is -1.72. The first-order chi connectivity index (χ1) is 8.69. The molecule has 0 amide bonds. The number of nitrogens with two attached hydrogens (primary N) is 1. The summed E-state index contributed by atoms with van der Waals surface area (Å²) in [6.45, 7) is 2.69. The van der Waals surface area contributed by atoms with Crippen molar-refractivity contribution in [2.45, 2.75) is 26.2 Å². The number of benzene rings is 1. The molecular weight excluding hydrogens is 233 g/mol.